The van der Waals surface area contributed by atoms with Gasteiger partial charge in [0.2, 0.25) is 5.91 Å². The molecule has 1 aromatic heterocycles. The predicted octanol–water partition coefficient (Wildman–Crippen LogP) is 1.80. The lowest BCUT2D eigenvalue weighted by molar-refractivity contribution is -0.122. The average Bonchev–Trinajstić information content (AvgIpc) is 2.89. The molecule has 4 heteroatoms. The van der Waals surface area contributed by atoms with E-state index in [1.54, 1.807) is 0 Å². The summed E-state index contributed by atoms with van der Waals surface area (Å²) in [6.07, 6.45) is 9.39. The van der Waals surface area contributed by atoms with E-state index in [1.807, 2.05) is 12.3 Å². The van der Waals surface area contributed by atoms with Gasteiger partial charge in [0.05, 0.1) is 0 Å². The highest BCUT2D eigenvalue weighted by Crippen LogP contribution is 2.19. The lowest BCUT2D eigenvalue weighted by Gasteiger charge is -2.14. The zero-order valence-corrected chi connectivity index (χ0v) is 11.4. The smallest absolute Gasteiger partial charge is 0.240 e. The fraction of sp³-hybridized carbons (Fsp3) is 0.667. The second-order valence-electron chi connectivity index (χ2n) is 5.83. The normalized spacial score (nSPS) is 19.8. The fourth-order valence-corrected chi connectivity index (χ4v) is 2.80. The zero-order valence-electron chi connectivity index (χ0n) is 11.4. The number of carbonyl (C=O) groups excluding carboxylic acids is 1. The van der Waals surface area contributed by atoms with Gasteiger partial charge >= 0.3 is 0 Å². The molecule has 2 aliphatic carbocycles. The van der Waals surface area contributed by atoms with Gasteiger partial charge in [-0.1, -0.05) is 12.8 Å². The maximum Gasteiger partial charge on any atom is 0.240 e. The van der Waals surface area contributed by atoms with Gasteiger partial charge < -0.3 is 15.2 Å². The van der Waals surface area contributed by atoms with Crippen LogP contribution in [0.5, 0.6) is 0 Å². The Labute approximate surface area is 114 Å². The number of aromatic nitrogens is 1. The average molecular weight is 261 g/mol. The largest absolute Gasteiger partial charge is 0.352 e. The van der Waals surface area contributed by atoms with Crippen LogP contribution in [0.3, 0.4) is 0 Å². The lowest BCUT2D eigenvalue weighted by Crippen LogP contribution is -2.35. The van der Waals surface area contributed by atoms with Gasteiger partial charge in [-0.25, -0.2) is 0 Å². The Kier molecular flexibility index (Phi) is 3.87. The minimum absolute atomic E-state index is 0.149. The predicted molar refractivity (Wildman–Crippen MR) is 74.7 cm³/mol. The summed E-state index contributed by atoms with van der Waals surface area (Å²) in [4.78, 5) is 12.0. The first-order valence-corrected chi connectivity index (χ1v) is 7.48. The third-order valence-electron chi connectivity index (χ3n) is 4.11. The van der Waals surface area contributed by atoms with Crippen molar-refractivity contribution in [3.05, 3.63) is 24.0 Å². The Bertz CT molecular complexity index is 430. The molecule has 0 spiro atoms. The monoisotopic (exact) mass is 261 g/mol. The SMILES string of the molecule is O=C(Cn1cccc1CNC1CC1)NC1CCCC1. The molecule has 2 saturated carbocycles. The summed E-state index contributed by atoms with van der Waals surface area (Å²) < 4.78 is 2.06. The van der Waals surface area contributed by atoms with E-state index < -0.39 is 0 Å². The van der Waals surface area contributed by atoms with Crippen molar-refractivity contribution in [3.8, 4) is 0 Å². The van der Waals surface area contributed by atoms with Crippen LogP contribution in [0.25, 0.3) is 0 Å². The summed E-state index contributed by atoms with van der Waals surface area (Å²) in [6, 6.07) is 5.23. The van der Waals surface area contributed by atoms with E-state index in [-0.39, 0.29) is 5.91 Å². The van der Waals surface area contributed by atoms with E-state index in [2.05, 4.69) is 21.3 Å². The Hall–Kier alpha value is -1.29. The molecule has 104 valence electrons. The van der Waals surface area contributed by atoms with Gasteiger partial charge in [0.1, 0.15) is 6.54 Å². The molecule has 0 aliphatic heterocycles. The van der Waals surface area contributed by atoms with E-state index in [4.69, 9.17) is 0 Å². The van der Waals surface area contributed by atoms with Crippen molar-refractivity contribution in [3.63, 3.8) is 0 Å². The molecule has 0 atom stereocenters. The minimum Gasteiger partial charge on any atom is -0.352 e. The molecule has 19 heavy (non-hydrogen) atoms. The molecular weight excluding hydrogens is 238 g/mol. The van der Waals surface area contributed by atoms with Crippen LogP contribution in [0.2, 0.25) is 0 Å². The van der Waals surface area contributed by atoms with Gasteiger partial charge in [-0.15, -0.1) is 0 Å². The standard InChI is InChI=1S/C15H23N3O/c19-15(17-13-4-1-2-5-13)11-18-9-3-6-14(18)10-16-12-7-8-12/h3,6,9,12-13,16H,1-2,4-5,7-8,10-11H2,(H,17,19). The van der Waals surface area contributed by atoms with Gasteiger partial charge in [0, 0.05) is 30.5 Å². The van der Waals surface area contributed by atoms with Crippen LogP contribution in [0.4, 0.5) is 0 Å². The molecule has 3 rings (SSSR count). The number of amides is 1. The zero-order chi connectivity index (χ0) is 13.1. The molecule has 0 unspecified atom stereocenters. The molecule has 4 nitrogen and oxygen atoms in total. The highest BCUT2D eigenvalue weighted by Gasteiger charge is 2.21. The first kappa shape index (κ1) is 12.7. The number of rotatable bonds is 6. The molecule has 1 amide bonds. The molecule has 2 N–H and O–H groups in total. The van der Waals surface area contributed by atoms with E-state index in [0.717, 1.165) is 19.4 Å². The van der Waals surface area contributed by atoms with Crippen LogP contribution in [-0.4, -0.2) is 22.6 Å². The molecule has 1 heterocycles. The van der Waals surface area contributed by atoms with Crippen molar-refractivity contribution in [2.75, 3.05) is 0 Å². The van der Waals surface area contributed by atoms with Crippen molar-refractivity contribution in [1.29, 1.82) is 0 Å². The van der Waals surface area contributed by atoms with E-state index >= 15 is 0 Å². The van der Waals surface area contributed by atoms with Crippen molar-refractivity contribution < 1.29 is 4.79 Å². The third-order valence-corrected chi connectivity index (χ3v) is 4.11. The van der Waals surface area contributed by atoms with Crippen molar-refractivity contribution in [2.45, 2.75) is 63.7 Å². The van der Waals surface area contributed by atoms with E-state index in [0.29, 0.717) is 18.6 Å². The topological polar surface area (TPSA) is 46.1 Å². The van der Waals surface area contributed by atoms with Gasteiger partial charge in [-0.05, 0) is 37.8 Å². The van der Waals surface area contributed by atoms with Gasteiger partial charge in [0.15, 0.2) is 0 Å². The number of carbonyl (C=O) groups is 1. The quantitative estimate of drug-likeness (QED) is 0.820. The number of nitrogens with zero attached hydrogens (tertiary/aromatic N) is 1. The third kappa shape index (κ3) is 3.60. The van der Waals surface area contributed by atoms with E-state index in [1.165, 1.54) is 31.4 Å². The first-order valence-electron chi connectivity index (χ1n) is 7.48. The van der Waals surface area contributed by atoms with Crippen LogP contribution in [0.1, 0.15) is 44.2 Å². The molecule has 0 bridgehead atoms. The molecule has 1 aromatic rings. The maximum absolute atomic E-state index is 12.0. The van der Waals surface area contributed by atoms with Crippen LogP contribution < -0.4 is 10.6 Å². The summed E-state index contributed by atoms with van der Waals surface area (Å²) in [5.74, 6) is 0.149. The Morgan fingerprint density at radius 1 is 1.21 bits per heavy atom. The van der Waals surface area contributed by atoms with Crippen LogP contribution in [0, 0.1) is 0 Å². The molecule has 2 aliphatic rings. The van der Waals surface area contributed by atoms with Crippen molar-refractivity contribution in [1.82, 2.24) is 15.2 Å². The first-order chi connectivity index (χ1) is 9.31. The molecular formula is C15H23N3O. The van der Waals surface area contributed by atoms with Gasteiger partial charge in [0.25, 0.3) is 0 Å². The number of nitrogens with one attached hydrogen (secondary N) is 2. The lowest BCUT2D eigenvalue weighted by atomic mass is 10.2. The van der Waals surface area contributed by atoms with Crippen LogP contribution in [0.15, 0.2) is 18.3 Å². The fourth-order valence-electron chi connectivity index (χ4n) is 2.80. The van der Waals surface area contributed by atoms with Crippen molar-refractivity contribution >= 4 is 5.91 Å². The minimum atomic E-state index is 0.149. The molecule has 0 saturated heterocycles. The summed E-state index contributed by atoms with van der Waals surface area (Å²) >= 11 is 0. The van der Waals surface area contributed by atoms with Gasteiger partial charge in [-0.3, -0.25) is 4.79 Å². The number of hydrogen-bond acceptors (Lipinski definition) is 2. The van der Waals surface area contributed by atoms with Crippen LogP contribution in [-0.2, 0) is 17.9 Å². The summed E-state index contributed by atoms with van der Waals surface area (Å²) in [7, 11) is 0. The maximum atomic E-state index is 12.0. The summed E-state index contributed by atoms with van der Waals surface area (Å²) in [5.41, 5.74) is 1.20. The molecule has 2 fully saturated rings. The summed E-state index contributed by atoms with van der Waals surface area (Å²) in [5, 5.41) is 6.63. The summed E-state index contributed by atoms with van der Waals surface area (Å²) in [6.45, 7) is 1.32. The number of hydrogen-bond donors (Lipinski definition) is 2. The Morgan fingerprint density at radius 2 is 2.00 bits per heavy atom. The Balaban J connectivity index is 1.50. The van der Waals surface area contributed by atoms with Crippen LogP contribution >= 0.6 is 0 Å². The molecule has 0 aromatic carbocycles. The Morgan fingerprint density at radius 3 is 2.74 bits per heavy atom. The highest BCUT2D eigenvalue weighted by molar-refractivity contribution is 5.76. The highest BCUT2D eigenvalue weighted by atomic mass is 16.2. The second-order valence-corrected chi connectivity index (χ2v) is 5.83. The second kappa shape index (κ2) is 5.78. The van der Waals surface area contributed by atoms with Crippen molar-refractivity contribution in [2.24, 2.45) is 0 Å². The molecule has 0 radical (unpaired) electrons. The van der Waals surface area contributed by atoms with Gasteiger partial charge in [-0.2, -0.15) is 0 Å². The van der Waals surface area contributed by atoms with E-state index in [9.17, 15) is 4.79 Å².